The van der Waals surface area contributed by atoms with Crippen LogP contribution < -0.4 is 4.90 Å². The number of nitrogens with zero attached hydrogens (tertiary/aromatic N) is 2. The number of benzene rings is 2. The summed E-state index contributed by atoms with van der Waals surface area (Å²) in [5, 5.41) is 9.14. The van der Waals surface area contributed by atoms with Gasteiger partial charge in [-0.3, -0.25) is 4.99 Å². The molecule has 25 heavy (non-hydrogen) atoms. The van der Waals surface area contributed by atoms with E-state index in [1.165, 1.54) is 0 Å². The van der Waals surface area contributed by atoms with E-state index >= 15 is 0 Å². The topological polar surface area (TPSA) is 52.9 Å². The lowest BCUT2D eigenvalue weighted by atomic mass is 9.82. The van der Waals surface area contributed by atoms with Crippen LogP contribution in [-0.2, 0) is 5.54 Å². The summed E-state index contributed by atoms with van der Waals surface area (Å²) >= 11 is 0. The Morgan fingerprint density at radius 1 is 0.920 bits per heavy atom. The molecule has 2 aromatic carbocycles. The van der Waals surface area contributed by atoms with E-state index < -0.39 is 11.5 Å². The van der Waals surface area contributed by atoms with E-state index in [1.54, 1.807) is 18.3 Å². The Kier molecular flexibility index (Phi) is 4.52. The average molecular weight is 332 g/mol. The van der Waals surface area contributed by atoms with Crippen LogP contribution in [0.15, 0.2) is 77.8 Å². The molecule has 1 aliphatic heterocycles. The smallest absolute Gasteiger partial charge is 0.335 e. The number of hydrogen-bond donors (Lipinski definition) is 1. The molecule has 0 fully saturated rings. The van der Waals surface area contributed by atoms with Gasteiger partial charge < -0.3 is 10.0 Å². The first-order chi connectivity index (χ1) is 12.0. The second kappa shape index (κ2) is 6.77. The molecule has 0 radical (unpaired) electrons. The first kappa shape index (κ1) is 16.7. The van der Waals surface area contributed by atoms with E-state index in [2.05, 4.69) is 24.3 Å². The van der Waals surface area contributed by atoms with E-state index in [1.807, 2.05) is 55.4 Å². The summed E-state index contributed by atoms with van der Waals surface area (Å²) in [6.07, 6.45) is 9.61. The average Bonchev–Trinajstić information content (AvgIpc) is 2.89. The van der Waals surface area contributed by atoms with E-state index in [9.17, 15) is 4.79 Å². The molecular formula is C21H20N2O2. The minimum Gasteiger partial charge on any atom is -0.478 e. The number of carboxylic acids is 1. The number of aromatic carboxylic acids is 1. The van der Waals surface area contributed by atoms with Crippen molar-refractivity contribution >= 4 is 17.9 Å². The highest BCUT2D eigenvalue weighted by Gasteiger charge is 2.31. The first-order valence-electron chi connectivity index (χ1n) is 8.04. The lowest BCUT2D eigenvalue weighted by molar-refractivity contribution is 0.0697. The molecule has 0 aromatic heterocycles. The lowest BCUT2D eigenvalue weighted by Gasteiger charge is -2.28. The van der Waals surface area contributed by atoms with Crippen molar-refractivity contribution in [2.75, 3.05) is 19.0 Å². The van der Waals surface area contributed by atoms with Crippen molar-refractivity contribution in [2.24, 2.45) is 4.99 Å². The van der Waals surface area contributed by atoms with Crippen LogP contribution in [0.2, 0.25) is 0 Å². The predicted octanol–water partition coefficient (Wildman–Crippen LogP) is 3.89. The Hall–Kier alpha value is -3.14. The molecule has 2 aromatic rings. The summed E-state index contributed by atoms with van der Waals surface area (Å²) < 4.78 is 0. The monoisotopic (exact) mass is 332 g/mol. The summed E-state index contributed by atoms with van der Waals surface area (Å²) in [4.78, 5) is 18.0. The van der Waals surface area contributed by atoms with Gasteiger partial charge in [-0.1, -0.05) is 36.4 Å². The first-order valence-corrected chi connectivity index (χ1v) is 8.04. The van der Waals surface area contributed by atoms with Crippen molar-refractivity contribution in [1.29, 1.82) is 0 Å². The third-order valence-corrected chi connectivity index (χ3v) is 4.32. The molecule has 1 aliphatic rings. The van der Waals surface area contributed by atoms with Crippen molar-refractivity contribution in [1.82, 2.24) is 0 Å². The third-order valence-electron chi connectivity index (χ3n) is 4.32. The number of anilines is 1. The van der Waals surface area contributed by atoms with Crippen LogP contribution in [0.3, 0.4) is 0 Å². The summed E-state index contributed by atoms with van der Waals surface area (Å²) in [6, 6.07) is 15.1. The quantitative estimate of drug-likeness (QED) is 0.924. The predicted molar refractivity (Wildman–Crippen MR) is 102 cm³/mol. The van der Waals surface area contributed by atoms with Gasteiger partial charge in [0.05, 0.1) is 5.56 Å². The summed E-state index contributed by atoms with van der Waals surface area (Å²) in [5.41, 5.74) is 2.65. The van der Waals surface area contributed by atoms with Crippen molar-refractivity contribution in [3.63, 3.8) is 0 Å². The number of carbonyl (C=O) groups is 1. The fourth-order valence-corrected chi connectivity index (χ4v) is 2.90. The minimum absolute atomic E-state index is 0.265. The van der Waals surface area contributed by atoms with Gasteiger partial charge in [0.1, 0.15) is 5.54 Å². The number of allylic oxidation sites excluding steroid dienone is 3. The van der Waals surface area contributed by atoms with Crippen molar-refractivity contribution < 1.29 is 9.90 Å². The zero-order valence-corrected chi connectivity index (χ0v) is 14.3. The molecule has 0 aliphatic carbocycles. The number of hydrogen-bond acceptors (Lipinski definition) is 3. The van der Waals surface area contributed by atoms with Gasteiger partial charge >= 0.3 is 5.97 Å². The zero-order valence-electron chi connectivity index (χ0n) is 14.3. The Bertz CT molecular complexity index is 828. The highest BCUT2D eigenvalue weighted by Crippen LogP contribution is 2.37. The molecule has 126 valence electrons. The number of carboxylic acid groups (broad SMARTS) is 1. The van der Waals surface area contributed by atoms with Gasteiger partial charge in [0.25, 0.3) is 0 Å². The van der Waals surface area contributed by atoms with Crippen LogP contribution in [0.4, 0.5) is 5.69 Å². The maximum Gasteiger partial charge on any atom is 0.335 e. The zero-order chi connectivity index (χ0) is 17.9. The Labute approximate surface area is 147 Å². The largest absolute Gasteiger partial charge is 0.478 e. The molecule has 0 bridgehead atoms. The summed E-state index contributed by atoms with van der Waals surface area (Å²) in [7, 11) is 4.01. The van der Waals surface area contributed by atoms with Crippen LogP contribution >= 0.6 is 0 Å². The molecule has 1 atom stereocenters. The fourth-order valence-electron chi connectivity index (χ4n) is 2.90. The molecule has 1 unspecified atom stereocenters. The molecular weight excluding hydrogens is 312 g/mol. The standard InChI is InChI=1S/C21H20N2O2/c1-23(2)19-12-10-18(11-13-19)21(14-4-3-5-15-22-21)17-8-6-16(7-9-17)20(24)25/h3-15H,1-2H3,(H,24,25). The maximum atomic E-state index is 11.1. The Balaban J connectivity index is 2.12. The molecule has 4 nitrogen and oxygen atoms in total. The van der Waals surface area contributed by atoms with Gasteiger partial charge in [-0.25, -0.2) is 4.79 Å². The maximum absolute atomic E-state index is 11.1. The van der Waals surface area contributed by atoms with Gasteiger partial charge in [0, 0.05) is 26.0 Å². The molecule has 1 N–H and O–H groups in total. The fraction of sp³-hybridized carbons (Fsp3) is 0.143. The van der Waals surface area contributed by atoms with Crippen LogP contribution in [-0.4, -0.2) is 31.4 Å². The second-order valence-electron chi connectivity index (χ2n) is 6.11. The Morgan fingerprint density at radius 3 is 2.08 bits per heavy atom. The molecule has 1 heterocycles. The summed E-state index contributed by atoms with van der Waals surface area (Å²) in [6.45, 7) is 0. The molecule has 3 rings (SSSR count). The molecule has 0 amide bonds. The lowest BCUT2D eigenvalue weighted by Crippen LogP contribution is -2.23. The van der Waals surface area contributed by atoms with Crippen LogP contribution in [0.5, 0.6) is 0 Å². The minimum atomic E-state index is -0.933. The molecule has 4 heteroatoms. The van der Waals surface area contributed by atoms with Gasteiger partial charge in [0.2, 0.25) is 0 Å². The molecule has 0 spiro atoms. The highest BCUT2D eigenvalue weighted by atomic mass is 16.4. The Morgan fingerprint density at radius 2 is 1.52 bits per heavy atom. The molecule has 0 saturated heterocycles. The van der Waals surface area contributed by atoms with Gasteiger partial charge in [0.15, 0.2) is 0 Å². The highest BCUT2D eigenvalue weighted by molar-refractivity contribution is 5.87. The van der Waals surface area contributed by atoms with E-state index in [4.69, 9.17) is 10.1 Å². The van der Waals surface area contributed by atoms with Crippen LogP contribution in [0.25, 0.3) is 0 Å². The second-order valence-corrected chi connectivity index (χ2v) is 6.11. The van der Waals surface area contributed by atoms with Crippen molar-refractivity contribution in [3.8, 4) is 0 Å². The van der Waals surface area contributed by atoms with Crippen LogP contribution in [0.1, 0.15) is 21.5 Å². The van der Waals surface area contributed by atoms with Gasteiger partial charge in [-0.05, 0) is 47.5 Å². The van der Waals surface area contributed by atoms with Gasteiger partial charge in [-0.15, -0.1) is 0 Å². The van der Waals surface area contributed by atoms with E-state index in [0.29, 0.717) is 0 Å². The number of rotatable bonds is 4. The van der Waals surface area contributed by atoms with Crippen molar-refractivity contribution in [3.05, 3.63) is 89.5 Å². The normalized spacial score (nSPS) is 18.8. The third kappa shape index (κ3) is 3.24. The SMILES string of the molecule is CN(C)c1ccc(C2(c3ccc(C(=O)O)cc3)C=CC=CC=N2)cc1. The van der Waals surface area contributed by atoms with E-state index in [-0.39, 0.29) is 5.56 Å². The van der Waals surface area contributed by atoms with Crippen LogP contribution in [0, 0.1) is 0 Å². The van der Waals surface area contributed by atoms with Gasteiger partial charge in [-0.2, -0.15) is 0 Å². The van der Waals surface area contributed by atoms with E-state index in [0.717, 1.165) is 16.8 Å². The number of aliphatic imine (C=N–C) groups is 1. The van der Waals surface area contributed by atoms with Crippen molar-refractivity contribution in [2.45, 2.75) is 5.54 Å². The molecule has 0 saturated carbocycles. The summed E-state index contributed by atoms with van der Waals surface area (Å²) in [5.74, 6) is -0.933.